The van der Waals surface area contributed by atoms with Gasteiger partial charge in [0.1, 0.15) is 0 Å². The second-order valence-corrected chi connectivity index (χ2v) is 4.41. The summed E-state index contributed by atoms with van der Waals surface area (Å²) >= 11 is 0. The molecule has 0 spiro atoms. The molecule has 0 unspecified atom stereocenters. The van der Waals surface area contributed by atoms with Gasteiger partial charge >= 0.3 is 15.6 Å². The van der Waals surface area contributed by atoms with Crippen LogP contribution in [-0.2, 0) is 20.2 Å². The Bertz CT molecular complexity index is 350. The van der Waals surface area contributed by atoms with Gasteiger partial charge in [0.2, 0.25) is 6.01 Å². The van der Waals surface area contributed by atoms with Crippen molar-refractivity contribution >= 4 is 20.2 Å². The Morgan fingerprint density at radius 3 is 1.14 bits per heavy atom. The van der Waals surface area contributed by atoms with Crippen molar-refractivity contribution in [3.05, 3.63) is 0 Å². The zero-order valence-electron chi connectivity index (χ0n) is 6.06. The van der Waals surface area contributed by atoms with Crippen LogP contribution in [0.1, 0.15) is 0 Å². The van der Waals surface area contributed by atoms with E-state index in [-0.39, 0.29) is 0 Å². The van der Waals surface area contributed by atoms with Gasteiger partial charge in [-0.15, -0.1) is 0 Å². The first-order valence-electron chi connectivity index (χ1n) is 2.36. The molecule has 12 heteroatoms. The first-order valence-corrected chi connectivity index (χ1v) is 5.41. The van der Waals surface area contributed by atoms with E-state index in [0.29, 0.717) is 0 Å². The summed E-state index contributed by atoms with van der Waals surface area (Å²) in [5.41, 5.74) is -5.53. The van der Waals surface area contributed by atoms with E-state index >= 15 is 0 Å². The molecule has 0 aliphatic rings. The van der Waals surface area contributed by atoms with Crippen LogP contribution >= 0.6 is 0 Å². The highest BCUT2D eigenvalue weighted by Crippen LogP contribution is 2.20. The van der Waals surface area contributed by atoms with Gasteiger partial charge in [-0.2, -0.15) is 30.0 Å². The molecule has 0 amide bonds. The second-order valence-electron chi connectivity index (χ2n) is 1.61. The third-order valence-corrected chi connectivity index (χ3v) is 1.29. The van der Waals surface area contributed by atoms with Crippen LogP contribution in [-0.4, -0.2) is 37.5 Å². The van der Waals surface area contributed by atoms with Gasteiger partial charge in [0.15, 0.2) is 0 Å². The quantitative estimate of drug-likeness (QED) is 0.397. The SMILES string of the molecule is O=S(=O)(O)C(F)(F)F.O=S(=O)(O)CF. The van der Waals surface area contributed by atoms with Crippen molar-refractivity contribution in [3.63, 3.8) is 0 Å². The van der Waals surface area contributed by atoms with Gasteiger partial charge < -0.3 is 0 Å². The molecule has 0 saturated carbocycles. The fourth-order valence-electron chi connectivity index (χ4n) is 0. The smallest absolute Gasteiger partial charge is 0.284 e. The zero-order valence-corrected chi connectivity index (χ0v) is 7.70. The lowest BCUT2D eigenvalue weighted by Crippen LogP contribution is -2.21. The molecule has 0 saturated heterocycles. The van der Waals surface area contributed by atoms with Crippen LogP contribution in [0.4, 0.5) is 17.6 Å². The highest BCUT2D eigenvalue weighted by molar-refractivity contribution is 7.86. The van der Waals surface area contributed by atoms with Crippen LogP contribution in [0.25, 0.3) is 0 Å². The third kappa shape index (κ3) is 9.63. The molecule has 0 bridgehead atoms. The second kappa shape index (κ2) is 4.86. The lowest BCUT2D eigenvalue weighted by atomic mass is 11.6. The monoisotopic (exact) mass is 264 g/mol. The molecule has 0 rings (SSSR count). The molecule has 0 aliphatic heterocycles. The summed E-state index contributed by atoms with van der Waals surface area (Å²) in [5, 5.41) is 0. The van der Waals surface area contributed by atoms with Crippen molar-refractivity contribution in [2.24, 2.45) is 0 Å². The third-order valence-electron chi connectivity index (χ3n) is 0.430. The molecule has 0 atom stereocenters. The van der Waals surface area contributed by atoms with Crippen molar-refractivity contribution in [2.75, 3.05) is 6.01 Å². The molecule has 0 heterocycles. The minimum atomic E-state index is -5.84. The van der Waals surface area contributed by atoms with Crippen molar-refractivity contribution < 1.29 is 43.5 Å². The van der Waals surface area contributed by atoms with Crippen molar-refractivity contribution in [2.45, 2.75) is 5.51 Å². The fraction of sp³-hybridized carbons (Fsp3) is 1.00. The maximum atomic E-state index is 10.7. The van der Waals surface area contributed by atoms with Gasteiger partial charge in [0, 0.05) is 0 Å². The Labute approximate surface area is 76.0 Å². The van der Waals surface area contributed by atoms with Crippen LogP contribution < -0.4 is 0 Å². The summed E-state index contributed by atoms with van der Waals surface area (Å²) in [6.07, 6.45) is 0. The Kier molecular flexibility index (Phi) is 5.55. The predicted molar refractivity (Wildman–Crippen MR) is 35.1 cm³/mol. The first-order chi connectivity index (χ1) is 5.81. The molecule has 14 heavy (non-hydrogen) atoms. The first kappa shape index (κ1) is 16.0. The summed E-state index contributed by atoms with van der Waals surface area (Å²) in [7, 11) is -10.2. The van der Waals surface area contributed by atoms with Crippen LogP contribution in [0.3, 0.4) is 0 Å². The lowest BCUT2D eigenvalue weighted by Gasteiger charge is -1.97. The summed E-state index contributed by atoms with van der Waals surface area (Å²) in [4.78, 5) is 0. The Hall–Kier alpha value is -0.460. The van der Waals surface area contributed by atoms with Crippen molar-refractivity contribution in [3.8, 4) is 0 Å². The van der Waals surface area contributed by atoms with E-state index in [1.807, 2.05) is 0 Å². The van der Waals surface area contributed by atoms with E-state index in [2.05, 4.69) is 0 Å². The molecule has 0 aromatic heterocycles. The molecule has 2 N–H and O–H groups in total. The van der Waals surface area contributed by atoms with Crippen LogP contribution in [0.2, 0.25) is 0 Å². The summed E-state index contributed by atoms with van der Waals surface area (Å²) in [6, 6.07) is -1.70. The lowest BCUT2D eigenvalue weighted by molar-refractivity contribution is -0.0510. The van der Waals surface area contributed by atoms with E-state index in [4.69, 9.17) is 17.5 Å². The highest BCUT2D eigenvalue weighted by atomic mass is 32.2. The summed E-state index contributed by atoms with van der Waals surface area (Å²) < 4.78 is 94.0. The normalized spacial score (nSPS) is 13.0. The van der Waals surface area contributed by atoms with E-state index in [1.165, 1.54) is 0 Å². The topological polar surface area (TPSA) is 109 Å². The molecule has 0 aromatic carbocycles. The standard InChI is InChI=1S/CHF3O3S.CH3FO3S/c2-1(3,4)8(5,6)7;2-1-6(3,4)5/h(H,5,6,7);1H2,(H,3,4,5). The fourth-order valence-corrected chi connectivity index (χ4v) is 0. The molecule has 88 valence electrons. The predicted octanol–water partition coefficient (Wildman–Crippen LogP) is 0.195. The number of alkyl halides is 4. The maximum Gasteiger partial charge on any atom is 0.522 e. The highest BCUT2D eigenvalue weighted by Gasteiger charge is 2.44. The molecular weight excluding hydrogens is 260 g/mol. The number of halogens is 4. The number of hydrogen-bond acceptors (Lipinski definition) is 4. The van der Waals surface area contributed by atoms with E-state index in [1.54, 1.807) is 0 Å². The minimum absolute atomic E-state index is 1.70. The number of rotatable bonds is 1. The minimum Gasteiger partial charge on any atom is -0.284 e. The Morgan fingerprint density at radius 1 is 1.00 bits per heavy atom. The average Bonchev–Trinajstić information content (AvgIpc) is 1.82. The van der Waals surface area contributed by atoms with Gasteiger partial charge in [-0.1, -0.05) is 0 Å². The average molecular weight is 264 g/mol. The van der Waals surface area contributed by atoms with E-state index in [0.717, 1.165) is 0 Å². The zero-order chi connectivity index (χ0) is 12.2. The van der Waals surface area contributed by atoms with Gasteiger partial charge in [0.05, 0.1) is 0 Å². The van der Waals surface area contributed by atoms with Crippen molar-refractivity contribution in [1.82, 2.24) is 0 Å². The molecule has 0 aliphatic carbocycles. The molecule has 6 nitrogen and oxygen atoms in total. The van der Waals surface area contributed by atoms with E-state index in [9.17, 15) is 26.0 Å². The summed E-state index contributed by atoms with van der Waals surface area (Å²) in [5.74, 6) is 0. The molecule has 0 fully saturated rings. The maximum absolute atomic E-state index is 10.7. The number of hydrogen-bond donors (Lipinski definition) is 2. The van der Waals surface area contributed by atoms with Gasteiger partial charge in [0.25, 0.3) is 10.1 Å². The van der Waals surface area contributed by atoms with Gasteiger partial charge in [-0.25, -0.2) is 4.39 Å². The van der Waals surface area contributed by atoms with E-state index < -0.39 is 31.8 Å². The molecule has 0 aromatic rings. The Morgan fingerprint density at radius 2 is 1.14 bits per heavy atom. The molecule has 0 radical (unpaired) electrons. The molecular formula is C2H4F4O6S2. The van der Waals surface area contributed by atoms with Crippen LogP contribution in [0.5, 0.6) is 0 Å². The largest absolute Gasteiger partial charge is 0.522 e. The van der Waals surface area contributed by atoms with Gasteiger partial charge in [-0.05, 0) is 0 Å². The Balaban J connectivity index is 0. The van der Waals surface area contributed by atoms with Gasteiger partial charge in [-0.3, -0.25) is 9.11 Å². The van der Waals surface area contributed by atoms with Crippen molar-refractivity contribution in [1.29, 1.82) is 0 Å². The van der Waals surface area contributed by atoms with Crippen LogP contribution in [0.15, 0.2) is 0 Å². The van der Waals surface area contributed by atoms with Crippen LogP contribution in [0, 0.1) is 0 Å². The summed E-state index contributed by atoms with van der Waals surface area (Å²) in [6.45, 7) is 0.